The fraction of sp³-hybridized carbons (Fsp3) is 0.316. The molecule has 1 saturated heterocycles. The number of para-hydroxylation sites is 2. The molecule has 0 bridgehead atoms. The molecule has 128 valence electrons. The number of nitrogens with zero attached hydrogens (tertiary/aromatic N) is 6. The fourth-order valence-corrected chi connectivity index (χ4v) is 3.38. The van der Waals surface area contributed by atoms with E-state index in [1.165, 1.54) is 5.69 Å². The lowest BCUT2D eigenvalue weighted by molar-refractivity contribution is 0.189. The van der Waals surface area contributed by atoms with Crippen molar-refractivity contribution >= 4 is 5.69 Å². The molecular weight excluding hydrogens is 312 g/mol. The van der Waals surface area contributed by atoms with Crippen LogP contribution >= 0.6 is 0 Å². The van der Waals surface area contributed by atoms with E-state index in [-0.39, 0.29) is 6.04 Å². The van der Waals surface area contributed by atoms with Gasteiger partial charge in [0.2, 0.25) is 0 Å². The summed E-state index contributed by atoms with van der Waals surface area (Å²) in [6.07, 6.45) is 0. The van der Waals surface area contributed by atoms with Crippen molar-refractivity contribution in [3.8, 4) is 5.69 Å². The molecule has 6 nitrogen and oxygen atoms in total. The molecule has 2 aromatic carbocycles. The van der Waals surface area contributed by atoms with Crippen molar-refractivity contribution < 1.29 is 0 Å². The molecule has 0 N–H and O–H groups in total. The zero-order valence-corrected chi connectivity index (χ0v) is 14.4. The number of tetrazole rings is 1. The lowest BCUT2D eigenvalue weighted by Gasteiger charge is -2.38. The zero-order chi connectivity index (χ0) is 17.1. The summed E-state index contributed by atoms with van der Waals surface area (Å²) in [6.45, 7) is 6.21. The molecule has 1 aliphatic rings. The summed E-state index contributed by atoms with van der Waals surface area (Å²) >= 11 is 0. The molecule has 0 saturated carbocycles. The summed E-state index contributed by atoms with van der Waals surface area (Å²) in [5.41, 5.74) is 2.29. The maximum atomic E-state index is 4.29. The standard InChI is InChI=1S/C19H22N6/c1-16(19-20-21-22-25(19)18-10-6-3-7-11-18)23-12-14-24(15-13-23)17-8-4-2-5-9-17/h2-11,16H,12-15H2,1H3/t16-/m0/s1. The van der Waals surface area contributed by atoms with E-state index in [1.54, 1.807) is 0 Å². The maximum Gasteiger partial charge on any atom is 0.173 e. The SMILES string of the molecule is C[C@@H](c1nnnn1-c1ccccc1)N1CCN(c2ccccc2)CC1. The van der Waals surface area contributed by atoms with E-state index in [0.717, 1.165) is 37.7 Å². The Morgan fingerprint density at radius 2 is 1.40 bits per heavy atom. The van der Waals surface area contributed by atoms with Crippen molar-refractivity contribution in [1.29, 1.82) is 0 Å². The van der Waals surface area contributed by atoms with Crippen LogP contribution in [0.5, 0.6) is 0 Å². The summed E-state index contributed by atoms with van der Waals surface area (Å²) in [7, 11) is 0. The number of piperazine rings is 1. The van der Waals surface area contributed by atoms with Gasteiger partial charge >= 0.3 is 0 Å². The van der Waals surface area contributed by atoms with Gasteiger partial charge in [0.15, 0.2) is 5.82 Å². The highest BCUT2D eigenvalue weighted by Gasteiger charge is 2.26. The van der Waals surface area contributed by atoms with Gasteiger partial charge < -0.3 is 4.90 Å². The lowest BCUT2D eigenvalue weighted by Crippen LogP contribution is -2.47. The molecule has 1 aliphatic heterocycles. The normalized spacial score (nSPS) is 16.8. The summed E-state index contributed by atoms with van der Waals surface area (Å²) in [5.74, 6) is 0.888. The second-order valence-corrected chi connectivity index (χ2v) is 6.32. The number of rotatable bonds is 4. The van der Waals surface area contributed by atoms with E-state index < -0.39 is 0 Å². The van der Waals surface area contributed by atoms with Gasteiger partial charge in [0.25, 0.3) is 0 Å². The average molecular weight is 334 g/mol. The highest BCUT2D eigenvalue weighted by molar-refractivity contribution is 5.46. The van der Waals surface area contributed by atoms with Gasteiger partial charge in [-0.05, 0) is 41.6 Å². The molecule has 25 heavy (non-hydrogen) atoms. The van der Waals surface area contributed by atoms with Crippen LogP contribution in [0.1, 0.15) is 18.8 Å². The van der Waals surface area contributed by atoms with Crippen LogP contribution in [0.3, 0.4) is 0 Å². The Hall–Kier alpha value is -2.73. The Morgan fingerprint density at radius 1 is 0.800 bits per heavy atom. The van der Waals surface area contributed by atoms with Crippen molar-refractivity contribution in [2.75, 3.05) is 31.1 Å². The number of benzene rings is 2. The van der Waals surface area contributed by atoms with Crippen molar-refractivity contribution in [3.63, 3.8) is 0 Å². The molecule has 2 heterocycles. The first-order chi connectivity index (χ1) is 12.3. The van der Waals surface area contributed by atoms with Crippen molar-refractivity contribution in [1.82, 2.24) is 25.1 Å². The van der Waals surface area contributed by atoms with Crippen molar-refractivity contribution in [2.45, 2.75) is 13.0 Å². The molecule has 0 radical (unpaired) electrons. The first-order valence-electron chi connectivity index (χ1n) is 8.70. The summed E-state index contributed by atoms with van der Waals surface area (Å²) in [4.78, 5) is 4.88. The van der Waals surface area contributed by atoms with E-state index in [9.17, 15) is 0 Å². The molecule has 0 spiro atoms. The highest BCUT2D eigenvalue weighted by Crippen LogP contribution is 2.23. The molecular formula is C19H22N6. The maximum absolute atomic E-state index is 4.29. The Bertz CT molecular complexity index is 793. The molecule has 3 aromatic rings. The van der Waals surface area contributed by atoms with E-state index in [0.29, 0.717) is 0 Å². The van der Waals surface area contributed by atoms with Crippen LogP contribution in [0.15, 0.2) is 60.7 Å². The second kappa shape index (κ2) is 7.03. The number of hydrogen-bond acceptors (Lipinski definition) is 5. The molecule has 1 atom stereocenters. The number of hydrogen-bond donors (Lipinski definition) is 0. The average Bonchev–Trinajstić information content (AvgIpc) is 3.19. The predicted octanol–water partition coefficient (Wildman–Crippen LogP) is 2.55. The Kier molecular flexibility index (Phi) is 4.43. The van der Waals surface area contributed by atoms with Gasteiger partial charge in [-0.1, -0.05) is 36.4 Å². The first-order valence-corrected chi connectivity index (χ1v) is 8.70. The molecule has 0 aliphatic carbocycles. The second-order valence-electron chi connectivity index (χ2n) is 6.32. The Morgan fingerprint density at radius 3 is 2.04 bits per heavy atom. The third-order valence-corrected chi connectivity index (χ3v) is 4.85. The topological polar surface area (TPSA) is 50.1 Å². The van der Waals surface area contributed by atoms with E-state index in [4.69, 9.17) is 0 Å². The fourth-order valence-electron chi connectivity index (χ4n) is 3.38. The van der Waals surface area contributed by atoms with Crippen LogP contribution in [0.25, 0.3) is 5.69 Å². The lowest BCUT2D eigenvalue weighted by atomic mass is 10.2. The zero-order valence-electron chi connectivity index (χ0n) is 14.4. The first kappa shape index (κ1) is 15.8. The summed E-state index contributed by atoms with van der Waals surface area (Å²) < 4.78 is 1.84. The minimum Gasteiger partial charge on any atom is -0.369 e. The van der Waals surface area contributed by atoms with Crippen molar-refractivity contribution in [3.05, 3.63) is 66.5 Å². The number of aromatic nitrogens is 4. The smallest absolute Gasteiger partial charge is 0.173 e. The molecule has 1 aromatic heterocycles. The van der Waals surface area contributed by atoms with Crippen LogP contribution in [0.2, 0.25) is 0 Å². The van der Waals surface area contributed by atoms with E-state index in [1.807, 2.05) is 35.0 Å². The van der Waals surface area contributed by atoms with Gasteiger partial charge in [-0.15, -0.1) is 5.10 Å². The van der Waals surface area contributed by atoms with Gasteiger partial charge in [0, 0.05) is 31.9 Å². The Balaban J connectivity index is 1.47. The molecule has 0 amide bonds. The summed E-state index contributed by atoms with van der Waals surface area (Å²) in [5, 5.41) is 12.4. The molecule has 4 rings (SSSR count). The van der Waals surface area contributed by atoms with Crippen LogP contribution in [-0.2, 0) is 0 Å². The Labute approximate surface area is 147 Å². The molecule has 6 heteroatoms. The van der Waals surface area contributed by atoms with Crippen LogP contribution in [-0.4, -0.2) is 51.3 Å². The third kappa shape index (κ3) is 3.25. The van der Waals surface area contributed by atoms with Gasteiger partial charge in [-0.2, -0.15) is 4.68 Å². The quantitative estimate of drug-likeness (QED) is 0.734. The van der Waals surface area contributed by atoms with Crippen LogP contribution < -0.4 is 4.90 Å². The largest absolute Gasteiger partial charge is 0.369 e. The third-order valence-electron chi connectivity index (χ3n) is 4.85. The van der Waals surface area contributed by atoms with Gasteiger partial charge in [0.05, 0.1) is 11.7 Å². The van der Waals surface area contributed by atoms with Crippen LogP contribution in [0, 0.1) is 0 Å². The van der Waals surface area contributed by atoms with Crippen LogP contribution in [0.4, 0.5) is 5.69 Å². The molecule has 0 unspecified atom stereocenters. The van der Waals surface area contributed by atoms with E-state index in [2.05, 4.69) is 62.6 Å². The summed E-state index contributed by atoms with van der Waals surface area (Å²) in [6, 6.07) is 20.8. The van der Waals surface area contributed by atoms with Gasteiger partial charge in [-0.25, -0.2) is 0 Å². The van der Waals surface area contributed by atoms with Crippen molar-refractivity contribution in [2.24, 2.45) is 0 Å². The van der Waals surface area contributed by atoms with Gasteiger partial charge in [-0.3, -0.25) is 4.90 Å². The minimum atomic E-state index is 0.174. The minimum absolute atomic E-state index is 0.174. The van der Waals surface area contributed by atoms with Gasteiger partial charge in [0.1, 0.15) is 0 Å². The predicted molar refractivity (Wildman–Crippen MR) is 97.8 cm³/mol. The number of anilines is 1. The highest BCUT2D eigenvalue weighted by atomic mass is 15.6. The van der Waals surface area contributed by atoms with E-state index >= 15 is 0 Å². The monoisotopic (exact) mass is 334 g/mol. The molecule has 1 fully saturated rings.